The summed E-state index contributed by atoms with van der Waals surface area (Å²) in [5.74, 6) is -0.214. The van der Waals surface area contributed by atoms with Crippen LogP contribution in [0.15, 0.2) is 71.9 Å². The average molecular weight is 450 g/mol. The quantitative estimate of drug-likeness (QED) is 0.445. The third-order valence-electron chi connectivity index (χ3n) is 5.41. The maximum absolute atomic E-state index is 12.9. The van der Waals surface area contributed by atoms with Gasteiger partial charge in [-0.15, -0.1) is 0 Å². The number of halogens is 1. The molecule has 0 aliphatic heterocycles. The highest BCUT2D eigenvalue weighted by atomic mass is 35.5. The van der Waals surface area contributed by atoms with Gasteiger partial charge in [-0.2, -0.15) is 5.10 Å². The number of carbonyl (C=O) groups excluding carboxylic acids is 1. The fourth-order valence-electron chi connectivity index (χ4n) is 3.77. The molecule has 0 spiro atoms. The number of fused-ring (bicyclic) bond motifs is 1. The van der Waals surface area contributed by atoms with Gasteiger partial charge in [0.15, 0.2) is 5.65 Å². The van der Waals surface area contributed by atoms with E-state index in [1.54, 1.807) is 10.7 Å². The predicted octanol–water partition coefficient (Wildman–Crippen LogP) is 3.60. The second kappa shape index (κ2) is 9.78. The first-order chi connectivity index (χ1) is 15.6. The lowest BCUT2D eigenvalue weighted by Gasteiger charge is -2.15. The standard InChI is InChI=1S/C24H24ClN5O2/c1-2-20(18-8-4-3-5-9-18)23(31)26-11-12-30-22-21(14-28-30)24(32)29(16-27-22)15-17-7-6-10-19(25)13-17/h3-10,13-14,16,20H,2,11-12,15H2,1H3,(H,26,31)/t20-/m0/s1. The highest BCUT2D eigenvalue weighted by Gasteiger charge is 2.18. The van der Waals surface area contributed by atoms with E-state index in [1.165, 1.54) is 17.1 Å². The Bertz CT molecular complexity index is 1280. The van der Waals surface area contributed by atoms with Crippen LogP contribution in [0.4, 0.5) is 0 Å². The molecule has 4 aromatic rings. The molecule has 0 saturated carbocycles. The number of rotatable bonds is 8. The van der Waals surface area contributed by atoms with Crippen LogP contribution in [0.25, 0.3) is 11.0 Å². The largest absolute Gasteiger partial charge is 0.354 e. The Labute approximate surface area is 190 Å². The molecule has 0 unspecified atom stereocenters. The summed E-state index contributed by atoms with van der Waals surface area (Å²) in [6.45, 7) is 3.19. The number of hydrogen-bond acceptors (Lipinski definition) is 4. The van der Waals surface area contributed by atoms with Gasteiger partial charge >= 0.3 is 0 Å². The molecule has 0 aliphatic carbocycles. The fraction of sp³-hybridized carbons (Fsp3) is 0.250. The van der Waals surface area contributed by atoms with Crippen LogP contribution in [-0.2, 0) is 17.9 Å². The molecule has 1 amide bonds. The van der Waals surface area contributed by atoms with Crippen molar-refractivity contribution < 1.29 is 4.79 Å². The summed E-state index contributed by atoms with van der Waals surface area (Å²) in [5, 5.41) is 8.35. The highest BCUT2D eigenvalue weighted by molar-refractivity contribution is 6.30. The molecule has 0 radical (unpaired) electrons. The summed E-state index contributed by atoms with van der Waals surface area (Å²) in [5.41, 5.74) is 2.25. The van der Waals surface area contributed by atoms with Crippen molar-refractivity contribution in [1.82, 2.24) is 24.6 Å². The topological polar surface area (TPSA) is 81.8 Å². The summed E-state index contributed by atoms with van der Waals surface area (Å²) in [4.78, 5) is 29.9. The van der Waals surface area contributed by atoms with Gasteiger partial charge in [0.25, 0.3) is 5.56 Å². The molecule has 32 heavy (non-hydrogen) atoms. The Balaban J connectivity index is 1.43. The normalized spacial score (nSPS) is 12.1. The molecule has 4 rings (SSSR count). The summed E-state index contributed by atoms with van der Waals surface area (Å²) < 4.78 is 3.18. The van der Waals surface area contributed by atoms with Crippen molar-refractivity contribution in [3.63, 3.8) is 0 Å². The van der Waals surface area contributed by atoms with E-state index in [0.29, 0.717) is 42.1 Å². The van der Waals surface area contributed by atoms with E-state index in [-0.39, 0.29) is 17.4 Å². The van der Waals surface area contributed by atoms with Gasteiger partial charge in [-0.05, 0) is 29.7 Å². The van der Waals surface area contributed by atoms with Crippen molar-refractivity contribution in [2.45, 2.75) is 32.4 Å². The fourth-order valence-corrected chi connectivity index (χ4v) is 3.98. The van der Waals surface area contributed by atoms with Crippen molar-refractivity contribution in [2.75, 3.05) is 6.54 Å². The third-order valence-corrected chi connectivity index (χ3v) is 5.65. The Morgan fingerprint density at radius 3 is 2.72 bits per heavy atom. The lowest BCUT2D eigenvalue weighted by molar-refractivity contribution is -0.122. The van der Waals surface area contributed by atoms with Crippen LogP contribution in [0.2, 0.25) is 5.02 Å². The van der Waals surface area contributed by atoms with Crippen LogP contribution >= 0.6 is 11.6 Å². The number of carbonyl (C=O) groups is 1. The SMILES string of the molecule is CC[C@H](C(=O)NCCn1ncc2c(=O)n(Cc3cccc(Cl)c3)cnc21)c1ccccc1. The van der Waals surface area contributed by atoms with E-state index in [0.717, 1.165) is 11.1 Å². The number of nitrogens with one attached hydrogen (secondary N) is 1. The van der Waals surface area contributed by atoms with E-state index < -0.39 is 0 Å². The molecule has 0 bridgehead atoms. The van der Waals surface area contributed by atoms with E-state index in [1.807, 2.05) is 55.5 Å². The van der Waals surface area contributed by atoms with Gasteiger partial charge < -0.3 is 5.32 Å². The highest BCUT2D eigenvalue weighted by Crippen LogP contribution is 2.19. The zero-order valence-electron chi connectivity index (χ0n) is 17.7. The molecule has 2 aromatic carbocycles. The molecule has 7 nitrogen and oxygen atoms in total. The van der Waals surface area contributed by atoms with Gasteiger partial charge in [-0.3, -0.25) is 14.2 Å². The van der Waals surface area contributed by atoms with Crippen LogP contribution in [0, 0.1) is 0 Å². The van der Waals surface area contributed by atoms with E-state index in [4.69, 9.17) is 11.6 Å². The molecule has 164 valence electrons. The van der Waals surface area contributed by atoms with Gasteiger partial charge in [-0.25, -0.2) is 9.67 Å². The molecule has 2 aromatic heterocycles. The Kier molecular flexibility index (Phi) is 6.66. The summed E-state index contributed by atoms with van der Waals surface area (Å²) >= 11 is 6.04. The molecule has 1 atom stereocenters. The predicted molar refractivity (Wildman–Crippen MR) is 125 cm³/mol. The van der Waals surface area contributed by atoms with Crippen molar-refractivity contribution >= 4 is 28.5 Å². The monoisotopic (exact) mass is 449 g/mol. The Morgan fingerprint density at radius 1 is 1.16 bits per heavy atom. The number of aromatic nitrogens is 4. The molecular formula is C24H24ClN5O2. The van der Waals surface area contributed by atoms with E-state index in [9.17, 15) is 9.59 Å². The van der Waals surface area contributed by atoms with Crippen molar-refractivity contribution in [3.8, 4) is 0 Å². The Morgan fingerprint density at radius 2 is 1.97 bits per heavy atom. The first kappa shape index (κ1) is 21.8. The number of hydrogen-bond donors (Lipinski definition) is 1. The summed E-state index contributed by atoms with van der Waals surface area (Å²) in [6, 6.07) is 17.1. The zero-order chi connectivity index (χ0) is 22.5. The van der Waals surface area contributed by atoms with Crippen LogP contribution in [0.5, 0.6) is 0 Å². The minimum absolute atomic E-state index is 0.0213. The minimum atomic E-state index is -0.192. The first-order valence-corrected chi connectivity index (χ1v) is 10.9. The van der Waals surface area contributed by atoms with Crippen LogP contribution in [0.1, 0.15) is 30.4 Å². The smallest absolute Gasteiger partial charge is 0.264 e. The van der Waals surface area contributed by atoms with Crippen LogP contribution < -0.4 is 10.9 Å². The van der Waals surface area contributed by atoms with E-state index >= 15 is 0 Å². The molecule has 2 heterocycles. The van der Waals surface area contributed by atoms with Gasteiger partial charge in [0.05, 0.1) is 25.2 Å². The molecule has 1 N–H and O–H groups in total. The number of amides is 1. The molecular weight excluding hydrogens is 426 g/mol. The van der Waals surface area contributed by atoms with Crippen molar-refractivity contribution in [1.29, 1.82) is 0 Å². The minimum Gasteiger partial charge on any atom is -0.354 e. The summed E-state index contributed by atoms with van der Waals surface area (Å²) in [6.07, 6.45) is 3.76. The molecule has 0 aliphatic rings. The maximum Gasteiger partial charge on any atom is 0.264 e. The maximum atomic E-state index is 12.9. The number of nitrogens with zero attached hydrogens (tertiary/aromatic N) is 4. The van der Waals surface area contributed by atoms with Crippen molar-refractivity contribution in [3.05, 3.63) is 93.6 Å². The summed E-state index contributed by atoms with van der Waals surface area (Å²) in [7, 11) is 0. The second-order valence-corrected chi connectivity index (χ2v) is 8.01. The molecule has 0 saturated heterocycles. The van der Waals surface area contributed by atoms with Crippen molar-refractivity contribution in [2.24, 2.45) is 0 Å². The van der Waals surface area contributed by atoms with Gasteiger partial charge in [0, 0.05) is 11.6 Å². The molecule has 0 fully saturated rings. The first-order valence-electron chi connectivity index (χ1n) is 10.5. The number of benzene rings is 2. The zero-order valence-corrected chi connectivity index (χ0v) is 18.5. The van der Waals surface area contributed by atoms with Crippen LogP contribution in [-0.4, -0.2) is 31.8 Å². The van der Waals surface area contributed by atoms with Gasteiger partial charge in [0.1, 0.15) is 11.7 Å². The van der Waals surface area contributed by atoms with Crippen LogP contribution in [0.3, 0.4) is 0 Å². The third kappa shape index (κ3) is 4.73. The van der Waals surface area contributed by atoms with Gasteiger partial charge in [0.2, 0.25) is 5.91 Å². The second-order valence-electron chi connectivity index (χ2n) is 7.58. The Hall–Kier alpha value is -3.45. The average Bonchev–Trinajstić information content (AvgIpc) is 3.21. The lowest BCUT2D eigenvalue weighted by atomic mass is 9.96. The van der Waals surface area contributed by atoms with Gasteiger partial charge in [-0.1, -0.05) is 61.0 Å². The van der Waals surface area contributed by atoms with E-state index in [2.05, 4.69) is 15.4 Å². The lowest BCUT2D eigenvalue weighted by Crippen LogP contribution is -2.32. The molecule has 8 heteroatoms.